The van der Waals surface area contributed by atoms with Crippen molar-refractivity contribution < 1.29 is 18.6 Å². The Labute approximate surface area is 211 Å². The van der Waals surface area contributed by atoms with Crippen molar-refractivity contribution in [1.82, 2.24) is 14.8 Å². The van der Waals surface area contributed by atoms with E-state index in [0.29, 0.717) is 22.6 Å². The highest BCUT2D eigenvalue weighted by molar-refractivity contribution is 7.98. The van der Waals surface area contributed by atoms with Crippen molar-refractivity contribution in [2.24, 2.45) is 0 Å². The van der Waals surface area contributed by atoms with E-state index in [4.69, 9.17) is 24.3 Å². The molecule has 182 valence electrons. The van der Waals surface area contributed by atoms with Gasteiger partial charge in [0.05, 0.1) is 19.9 Å². The van der Waals surface area contributed by atoms with Crippen LogP contribution in [0.15, 0.2) is 77.5 Å². The summed E-state index contributed by atoms with van der Waals surface area (Å²) in [4.78, 5) is 4.69. The first-order chi connectivity index (χ1) is 17.6. The molecule has 0 bridgehead atoms. The molecule has 0 amide bonds. The molecular weight excluding hydrogens is 479 g/mol. The predicted octanol–water partition coefficient (Wildman–Crippen LogP) is 5.72. The van der Waals surface area contributed by atoms with Crippen LogP contribution < -0.4 is 19.5 Å². The first-order valence-electron chi connectivity index (χ1n) is 11.4. The second-order valence-corrected chi connectivity index (χ2v) is 9.16. The molecule has 0 unspecified atom stereocenters. The van der Waals surface area contributed by atoms with Crippen LogP contribution in [0.1, 0.15) is 28.8 Å². The Bertz CT molecular complexity index is 1480. The summed E-state index contributed by atoms with van der Waals surface area (Å²) in [6, 6.07) is 19.8. The molecule has 0 spiro atoms. The van der Waals surface area contributed by atoms with E-state index in [1.165, 1.54) is 23.9 Å². The van der Waals surface area contributed by atoms with Gasteiger partial charge in [0.1, 0.15) is 23.7 Å². The minimum atomic E-state index is -0.479. The van der Waals surface area contributed by atoms with Crippen molar-refractivity contribution >= 4 is 23.4 Å². The molecule has 0 aliphatic carbocycles. The number of hydrogen-bond acceptors (Lipinski definition) is 7. The number of benzene rings is 3. The largest absolute Gasteiger partial charge is 0.493 e. The number of halogens is 1. The predicted molar refractivity (Wildman–Crippen MR) is 136 cm³/mol. The van der Waals surface area contributed by atoms with Crippen LogP contribution in [0.5, 0.6) is 17.2 Å². The highest BCUT2D eigenvalue weighted by atomic mass is 32.2. The monoisotopic (exact) mass is 502 g/mol. The van der Waals surface area contributed by atoms with E-state index >= 15 is 0 Å². The van der Waals surface area contributed by atoms with Crippen molar-refractivity contribution in [2.45, 2.75) is 17.3 Å². The first-order valence-corrected chi connectivity index (χ1v) is 12.6. The lowest BCUT2D eigenvalue weighted by molar-refractivity contribution is 0.222. The highest BCUT2D eigenvalue weighted by Crippen LogP contribution is 2.51. The van der Waals surface area contributed by atoms with Crippen LogP contribution in [0.3, 0.4) is 0 Å². The second-order valence-electron chi connectivity index (χ2n) is 8.38. The molecule has 2 aliphatic rings. The second kappa shape index (κ2) is 8.91. The van der Waals surface area contributed by atoms with E-state index in [-0.39, 0.29) is 11.9 Å². The molecule has 36 heavy (non-hydrogen) atoms. The quantitative estimate of drug-likeness (QED) is 0.350. The van der Waals surface area contributed by atoms with Gasteiger partial charge in [-0.3, -0.25) is 0 Å². The molecule has 9 heteroatoms. The maximum Gasteiger partial charge on any atom is 0.227 e. The standard InChI is InChI=1S/C27H23FN4O3S/c1-33-20-13-10-16(14-21(20)34-2)25-22-23(18-6-4-5-7-19(18)35-25)29-26-30-27(36-3)31-32(26)24(22)15-8-11-17(28)12-9-15/h4-14,24-25H,1-3H3,(H,29,30,31)/t24-,25-/m0/s1. The van der Waals surface area contributed by atoms with Crippen molar-refractivity contribution in [3.05, 3.63) is 94.8 Å². The van der Waals surface area contributed by atoms with Crippen LogP contribution in [0, 0.1) is 5.82 Å². The summed E-state index contributed by atoms with van der Waals surface area (Å²) in [6.07, 6.45) is 1.46. The summed E-state index contributed by atoms with van der Waals surface area (Å²) in [6.45, 7) is 0. The fourth-order valence-electron chi connectivity index (χ4n) is 4.80. The Kier molecular flexibility index (Phi) is 5.56. The summed E-state index contributed by atoms with van der Waals surface area (Å²) in [7, 11) is 3.22. The third kappa shape index (κ3) is 3.58. The van der Waals surface area contributed by atoms with Gasteiger partial charge in [0.25, 0.3) is 0 Å². The molecule has 1 aromatic heterocycles. The molecule has 7 nitrogen and oxygen atoms in total. The Morgan fingerprint density at radius 2 is 1.72 bits per heavy atom. The SMILES string of the molecule is COc1ccc([C@@H]2Oc3ccccc3C3=C2[C@H](c2ccc(F)cc2)n2nc(SC)nc2N3)cc1OC. The van der Waals surface area contributed by atoms with Crippen molar-refractivity contribution in [3.63, 3.8) is 0 Å². The molecule has 6 rings (SSSR count). The Hall–Kier alpha value is -3.98. The summed E-state index contributed by atoms with van der Waals surface area (Å²) >= 11 is 1.46. The number of thioether (sulfide) groups is 1. The van der Waals surface area contributed by atoms with Crippen LogP contribution in [-0.4, -0.2) is 35.2 Å². The van der Waals surface area contributed by atoms with E-state index in [9.17, 15) is 4.39 Å². The average Bonchev–Trinajstić information content (AvgIpc) is 3.34. The van der Waals surface area contributed by atoms with E-state index in [0.717, 1.165) is 33.7 Å². The molecule has 2 atom stereocenters. The van der Waals surface area contributed by atoms with Crippen LogP contribution in [0.25, 0.3) is 5.70 Å². The third-order valence-corrected chi connectivity index (χ3v) is 6.98. The molecule has 0 radical (unpaired) electrons. The molecule has 0 fully saturated rings. The van der Waals surface area contributed by atoms with Crippen LogP contribution in [0.4, 0.5) is 10.3 Å². The highest BCUT2D eigenvalue weighted by Gasteiger charge is 2.41. The average molecular weight is 503 g/mol. The normalized spacial score (nSPS) is 17.9. The number of aromatic nitrogens is 3. The van der Waals surface area contributed by atoms with Crippen LogP contribution in [-0.2, 0) is 0 Å². The molecule has 0 saturated carbocycles. The molecule has 2 aliphatic heterocycles. The van der Waals surface area contributed by atoms with Gasteiger partial charge >= 0.3 is 0 Å². The summed E-state index contributed by atoms with van der Waals surface area (Å²) in [5, 5.41) is 8.92. The van der Waals surface area contributed by atoms with Gasteiger partial charge in [-0.25, -0.2) is 9.07 Å². The number of nitrogens with zero attached hydrogens (tertiary/aromatic N) is 3. The number of methoxy groups -OCH3 is 2. The number of rotatable bonds is 5. The maximum absolute atomic E-state index is 13.9. The van der Waals surface area contributed by atoms with Gasteiger partial charge in [0, 0.05) is 16.7 Å². The topological polar surface area (TPSA) is 70.4 Å². The third-order valence-electron chi connectivity index (χ3n) is 6.44. The number of hydrogen-bond donors (Lipinski definition) is 1. The van der Waals surface area contributed by atoms with Crippen LogP contribution >= 0.6 is 11.8 Å². The van der Waals surface area contributed by atoms with Gasteiger partial charge in [-0.15, -0.1) is 5.10 Å². The Balaban J connectivity index is 1.61. The fraction of sp³-hybridized carbons (Fsp3) is 0.185. The van der Waals surface area contributed by atoms with E-state index in [1.807, 2.05) is 53.4 Å². The number of nitrogens with one attached hydrogen (secondary N) is 1. The first kappa shape index (κ1) is 22.5. The summed E-state index contributed by atoms with van der Waals surface area (Å²) in [5.74, 6) is 2.31. The lowest BCUT2D eigenvalue weighted by Gasteiger charge is -2.39. The number of anilines is 1. The van der Waals surface area contributed by atoms with Gasteiger partial charge < -0.3 is 19.5 Å². The maximum atomic E-state index is 13.9. The zero-order valence-corrected chi connectivity index (χ0v) is 20.7. The molecule has 4 aromatic rings. The van der Waals surface area contributed by atoms with Crippen LogP contribution in [0.2, 0.25) is 0 Å². The van der Waals surface area contributed by atoms with Gasteiger partial charge in [0.15, 0.2) is 11.5 Å². The van der Waals surface area contributed by atoms with Crippen molar-refractivity contribution in [2.75, 3.05) is 25.8 Å². The van der Waals surface area contributed by atoms with Crippen molar-refractivity contribution in [3.8, 4) is 17.2 Å². The van der Waals surface area contributed by atoms with Gasteiger partial charge in [-0.2, -0.15) is 4.98 Å². The minimum absolute atomic E-state index is 0.299. The molecule has 1 N–H and O–H groups in total. The van der Waals surface area contributed by atoms with Gasteiger partial charge in [0.2, 0.25) is 11.1 Å². The van der Waals surface area contributed by atoms with Crippen molar-refractivity contribution in [1.29, 1.82) is 0 Å². The van der Waals surface area contributed by atoms with E-state index in [2.05, 4.69) is 5.32 Å². The summed E-state index contributed by atoms with van der Waals surface area (Å²) in [5.41, 5.74) is 4.53. The summed E-state index contributed by atoms with van der Waals surface area (Å²) < 4.78 is 33.5. The smallest absolute Gasteiger partial charge is 0.227 e. The van der Waals surface area contributed by atoms with Gasteiger partial charge in [-0.1, -0.05) is 42.1 Å². The zero-order valence-electron chi connectivity index (χ0n) is 19.9. The molecule has 3 aromatic carbocycles. The Morgan fingerprint density at radius 1 is 0.972 bits per heavy atom. The number of ether oxygens (including phenoxy) is 3. The lowest BCUT2D eigenvalue weighted by atomic mass is 9.84. The molecule has 0 saturated heterocycles. The van der Waals surface area contributed by atoms with E-state index < -0.39 is 6.10 Å². The van der Waals surface area contributed by atoms with E-state index in [1.54, 1.807) is 26.4 Å². The lowest BCUT2D eigenvalue weighted by Crippen LogP contribution is -2.32. The zero-order chi connectivity index (χ0) is 24.8. The minimum Gasteiger partial charge on any atom is -0.493 e. The molecular formula is C27H23FN4O3S. The number of fused-ring (bicyclic) bond motifs is 3. The number of para-hydroxylation sites is 1. The molecule has 3 heterocycles. The Morgan fingerprint density at radius 3 is 2.47 bits per heavy atom. The van der Waals surface area contributed by atoms with Gasteiger partial charge in [-0.05, 0) is 48.2 Å². The fourth-order valence-corrected chi connectivity index (χ4v) is 5.15.